The third kappa shape index (κ3) is 2.20. The molecule has 4 nitrogen and oxygen atoms in total. The summed E-state index contributed by atoms with van der Waals surface area (Å²) in [4.78, 5) is 0.0325. The molecule has 2 atom stereocenters. The summed E-state index contributed by atoms with van der Waals surface area (Å²) in [6.07, 6.45) is 5.21. The highest BCUT2D eigenvalue weighted by molar-refractivity contribution is 7.89. The van der Waals surface area contributed by atoms with Gasteiger partial charge in [0, 0.05) is 12.6 Å². The van der Waals surface area contributed by atoms with Crippen LogP contribution in [0.2, 0.25) is 0 Å². The third-order valence-corrected chi connectivity index (χ3v) is 6.52. The van der Waals surface area contributed by atoms with E-state index in [1.54, 1.807) is 4.31 Å². The van der Waals surface area contributed by atoms with E-state index in [4.69, 9.17) is 5.73 Å². The molecule has 110 valence electrons. The molecule has 1 saturated heterocycles. The predicted molar refractivity (Wildman–Crippen MR) is 75.1 cm³/mol. The van der Waals surface area contributed by atoms with Crippen LogP contribution >= 0.6 is 0 Å². The fourth-order valence-corrected chi connectivity index (χ4v) is 5.37. The molecule has 0 amide bonds. The Balaban J connectivity index is 1.95. The van der Waals surface area contributed by atoms with Gasteiger partial charge in [-0.05, 0) is 43.4 Å². The van der Waals surface area contributed by atoms with Crippen molar-refractivity contribution in [2.45, 2.75) is 43.0 Å². The molecule has 1 saturated carbocycles. The average molecular weight is 298 g/mol. The van der Waals surface area contributed by atoms with Crippen LogP contribution in [0.4, 0.5) is 10.1 Å². The van der Waals surface area contributed by atoms with E-state index in [0.717, 1.165) is 37.8 Å². The molecule has 1 aliphatic carbocycles. The second-order valence-corrected chi connectivity index (χ2v) is 7.56. The number of rotatable bonds is 2. The van der Waals surface area contributed by atoms with Crippen LogP contribution in [0, 0.1) is 11.7 Å². The molecule has 0 aromatic heterocycles. The number of fused-ring (bicyclic) bond motifs is 1. The quantitative estimate of drug-likeness (QED) is 0.853. The first kappa shape index (κ1) is 13.8. The monoisotopic (exact) mass is 298 g/mol. The Bertz CT molecular complexity index is 618. The zero-order chi connectivity index (χ0) is 14.3. The van der Waals surface area contributed by atoms with Gasteiger partial charge in [0.1, 0.15) is 10.7 Å². The van der Waals surface area contributed by atoms with Crippen LogP contribution in [0.5, 0.6) is 0 Å². The van der Waals surface area contributed by atoms with E-state index in [0.29, 0.717) is 12.5 Å². The fourth-order valence-electron chi connectivity index (χ4n) is 3.54. The van der Waals surface area contributed by atoms with Crippen molar-refractivity contribution in [1.29, 1.82) is 0 Å². The Morgan fingerprint density at radius 3 is 2.70 bits per heavy atom. The maximum absolute atomic E-state index is 13.1. The fraction of sp³-hybridized carbons (Fsp3) is 0.571. The van der Waals surface area contributed by atoms with Crippen molar-refractivity contribution >= 4 is 15.7 Å². The number of nitrogens with two attached hydrogens (primary N) is 1. The summed E-state index contributed by atoms with van der Waals surface area (Å²) in [6.45, 7) is 0.550. The Labute approximate surface area is 118 Å². The standard InChI is InChI=1S/C14H19FN2O2S/c15-11-5-6-14(12(16)9-11)20(18,19)17-8-7-10-3-1-2-4-13(10)17/h5-6,9-10,13H,1-4,7-8,16H2. The molecule has 1 heterocycles. The van der Waals surface area contributed by atoms with Gasteiger partial charge in [-0.15, -0.1) is 0 Å². The summed E-state index contributed by atoms with van der Waals surface area (Å²) in [5, 5.41) is 0. The predicted octanol–water partition coefficient (Wildman–Crippen LogP) is 2.36. The van der Waals surface area contributed by atoms with E-state index in [1.807, 2.05) is 0 Å². The zero-order valence-corrected chi connectivity index (χ0v) is 12.1. The molecule has 2 unspecified atom stereocenters. The average Bonchev–Trinajstić information content (AvgIpc) is 2.82. The maximum Gasteiger partial charge on any atom is 0.245 e. The number of benzene rings is 1. The highest BCUT2D eigenvalue weighted by Gasteiger charge is 2.42. The molecule has 20 heavy (non-hydrogen) atoms. The summed E-state index contributed by atoms with van der Waals surface area (Å²) < 4.78 is 40.2. The number of hydrogen-bond acceptors (Lipinski definition) is 3. The lowest BCUT2D eigenvalue weighted by Gasteiger charge is -2.31. The molecular formula is C14H19FN2O2S. The van der Waals surface area contributed by atoms with Crippen LogP contribution in [-0.4, -0.2) is 25.3 Å². The van der Waals surface area contributed by atoms with Gasteiger partial charge in [-0.25, -0.2) is 12.8 Å². The molecule has 2 N–H and O–H groups in total. The first-order chi connectivity index (χ1) is 9.50. The topological polar surface area (TPSA) is 63.4 Å². The van der Waals surface area contributed by atoms with Gasteiger partial charge in [-0.2, -0.15) is 4.31 Å². The minimum Gasteiger partial charge on any atom is -0.398 e. The zero-order valence-electron chi connectivity index (χ0n) is 11.3. The summed E-state index contributed by atoms with van der Waals surface area (Å²) in [6, 6.07) is 3.59. The number of halogens is 1. The van der Waals surface area contributed by atoms with Crippen molar-refractivity contribution in [3.8, 4) is 0 Å². The van der Waals surface area contributed by atoms with Crippen LogP contribution in [0.15, 0.2) is 23.1 Å². The molecule has 1 aromatic rings. The molecule has 0 bridgehead atoms. The Kier molecular flexibility index (Phi) is 3.46. The normalized spacial score (nSPS) is 27.4. The van der Waals surface area contributed by atoms with Gasteiger partial charge < -0.3 is 5.73 Å². The number of anilines is 1. The number of hydrogen-bond donors (Lipinski definition) is 1. The first-order valence-electron chi connectivity index (χ1n) is 7.07. The van der Waals surface area contributed by atoms with Crippen LogP contribution in [0.25, 0.3) is 0 Å². The second-order valence-electron chi connectivity index (χ2n) is 5.70. The smallest absolute Gasteiger partial charge is 0.245 e. The van der Waals surface area contributed by atoms with E-state index < -0.39 is 15.8 Å². The van der Waals surface area contributed by atoms with Crippen molar-refractivity contribution in [2.24, 2.45) is 5.92 Å². The van der Waals surface area contributed by atoms with Crippen LogP contribution in [0.3, 0.4) is 0 Å². The van der Waals surface area contributed by atoms with Crippen molar-refractivity contribution < 1.29 is 12.8 Å². The van der Waals surface area contributed by atoms with Gasteiger partial charge >= 0.3 is 0 Å². The Hall–Kier alpha value is -1.14. The Morgan fingerprint density at radius 2 is 1.95 bits per heavy atom. The molecule has 1 aromatic carbocycles. The molecule has 3 rings (SSSR count). The summed E-state index contributed by atoms with van der Waals surface area (Å²) >= 11 is 0. The first-order valence-corrected chi connectivity index (χ1v) is 8.51. The van der Waals surface area contributed by atoms with Crippen LogP contribution < -0.4 is 5.73 Å². The van der Waals surface area contributed by atoms with E-state index in [1.165, 1.54) is 12.5 Å². The third-order valence-electron chi connectivity index (χ3n) is 4.52. The lowest BCUT2D eigenvalue weighted by Crippen LogP contribution is -2.39. The number of nitrogens with zero attached hydrogens (tertiary/aromatic N) is 1. The van der Waals surface area contributed by atoms with Gasteiger partial charge in [-0.3, -0.25) is 0 Å². The molecule has 1 aliphatic heterocycles. The SMILES string of the molecule is Nc1cc(F)ccc1S(=O)(=O)N1CCC2CCCCC21. The summed E-state index contributed by atoms with van der Waals surface area (Å²) in [7, 11) is -3.61. The number of sulfonamides is 1. The molecule has 0 radical (unpaired) electrons. The largest absolute Gasteiger partial charge is 0.398 e. The lowest BCUT2D eigenvalue weighted by atomic mass is 9.86. The van der Waals surface area contributed by atoms with Gasteiger partial charge in [0.05, 0.1) is 5.69 Å². The van der Waals surface area contributed by atoms with Crippen LogP contribution in [0.1, 0.15) is 32.1 Å². The van der Waals surface area contributed by atoms with Crippen molar-refractivity contribution in [3.63, 3.8) is 0 Å². The van der Waals surface area contributed by atoms with E-state index >= 15 is 0 Å². The van der Waals surface area contributed by atoms with Gasteiger partial charge in [0.15, 0.2) is 0 Å². The maximum atomic E-state index is 13.1. The molecule has 0 spiro atoms. The van der Waals surface area contributed by atoms with Gasteiger partial charge in [0.2, 0.25) is 10.0 Å². The van der Waals surface area contributed by atoms with Crippen molar-refractivity contribution in [3.05, 3.63) is 24.0 Å². The Morgan fingerprint density at radius 1 is 1.20 bits per heavy atom. The molecule has 6 heteroatoms. The second kappa shape index (κ2) is 5.00. The summed E-state index contributed by atoms with van der Waals surface area (Å²) in [5.74, 6) is -0.0430. The van der Waals surface area contributed by atoms with E-state index in [-0.39, 0.29) is 16.6 Å². The molecule has 2 fully saturated rings. The minimum absolute atomic E-state index is 0.00994. The van der Waals surface area contributed by atoms with Crippen LogP contribution in [-0.2, 0) is 10.0 Å². The summed E-state index contributed by atoms with van der Waals surface area (Å²) in [5.41, 5.74) is 5.69. The lowest BCUT2D eigenvalue weighted by molar-refractivity contribution is 0.260. The van der Waals surface area contributed by atoms with Crippen molar-refractivity contribution in [1.82, 2.24) is 4.31 Å². The van der Waals surface area contributed by atoms with Gasteiger partial charge in [-0.1, -0.05) is 12.8 Å². The van der Waals surface area contributed by atoms with Gasteiger partial charge in [0.25, 0.3) is 0 Å². The molecule has 2 aliphatic rings. The highest BCUT2D eigenvalue weighted by Crippen LogP contribution is 2.39. The van der Waals surface area contributed by atoms with Crippen molar-refractivity contribution in [2.75, 3.05) is 12.3 Å². The van der Waals surface area contributed by atoms with E-state index in [9.17, 15) is 12.8 Å². The number of nitrogen functional groups attached to an aromatic ring is 1. The highest BCUT2D eigenvalue weighted by atomic mass is 32.2. The van der Waals surface area contributed by atoms with E-state index in [2.05, 4.69) is 0 Å². The minimum atomic E-state index is -3.61. The molecular weight excluding hydrogens is 279 g/mol.